The Bertz CT molecular complexity index is 572. The number of hydrogen-bond donors (Lipinski definition) is 1. The molecule has 0 fully saturated rings. The Morgan fingerprint density at radius 3 is 2.69 bits per heavy atom. The van der Waals surface area contributed by atoms with Gasteiger partial charge in [-0.3, -0.25) is 4.57 Å². The van der Waals surface area contributed by atoms with Crippen LogP contribution in [0, 0.1) is 6.92 Å². The number of nitrogens with one attached hydrogen (secondary N) is 1. The molecule has 1 heterocycles. The molecule has 0 atom stereocenters. The van der Waals surface area contributed by atoms with Gasteiger partial charge in [0.1, 0.15) is 5.75 Å². The van der Waals surface area contributed by atoms with Crippen LogP contribution in [-0.2, 0) is 0 Å². The van der Waals surface area contributed by atoms with Crippen molar-refractivity contribution in [3.05, 3.63) is 45.6 Å². The van der Waals surface area contributed by atoms with Crippen LogP contribution < -0.4 is 10.4 Å². The van der Waals surface area contributed by atoms with Crippen molar-refractivity contribution in [2.75, 3.05) is 7.11 Å². The topological polar surface area (TPSA) is 47.0 Å². The summed E-state index contributed by atoms with van der Waals surface area (Å²) in [5.41, 5.74) is 1.33. The summed E-state index contributed by atoms with van der Waals surface area (Å²) in [6.07, 6.45) is 1.72. The summed E-state index contributed by atoms with van der Waals surface area (Å²) in [5, 5.41) is 0.478. The molecule has 0 unspecified atom stereocenters. The Hall–Kier alpha value is -1.68. The van der Waals surface area contributed by atoms with Gasteiger partial charge in [-0.15, -0.1) is 0 Å². The van der Waals surface area contributed by atoms with Gasteiger partial charge in [0, 0.05) is 11.9 Å². The van der Waals surface area contributed by atoms with Crippen molar-refractivity contribution in [2.24, 2.45) is 0 Å². The van der Waals surface area contributed by atoms with Crippen LogP contribution in [0.25, 0.3) is 5.69 Å². The molecule has 1 aromatic heterocycles. The van der Waals surface area contributed by atoms with E-state index in [1.165, 1.54) is 4.57 Å². The number of aryl methyl sites for hydroxylation is 1. The van der Waals surface area contributed by atoms with E-state index in [1.54, 1.807) is 31.5 Å². The first-order valence-electron chi connectivity index (χ1n) is 4.74. The van der Waals surface area contributed by atoms with Gasteiger partial charge in [0.15, 0.2) is 0 Å². The highest BCUT2D eigenvalue weighted by molar-refractivity contribution is 6.32. The summed E-state index contributed by atoms with van der Waals surface area (Å²) >= 11 is 5.99. The molecular formula is C11H11ClN2O2. The minimum atomic E-state index is -0.182. The van der Waals surface area contributed by atoms with Gasteiger partial charge in [-0.05, 0) is 25.1 Å². The average Bonchev–Trinajstić information content (AvgIpc) is 2.58. The molecule has 4 nitrogen and oxygen atoms in total. The fraction of sp³-hybridized carbons (Fsp3) is 0.182. The maximum atomic E-state index is 11.5. The normalized spacial score (nSPS) is 10.4. The van der Waals surface area contributed by atoms with E-state index in [0.717, 1.165) is 5.69 Å². The zero-order chi connectivity index (χ0) is 11.7. The van der Waals surface area contributed by atoms with Crippen molar-refractivity contribution in [1.29, 1.82) is 0 Å². The van der Waals surface area contributed by atoms with Crippen molar-refractivity contribution >= 4 is 11.6 Å². The fourth-order valence-electron chi connectivity index (χ4n) is 1.51. The van der Waals surface area contributed by atoms with Crippen molar-refractivity contribution < 1.29 is 4.74 Å². The van der Waals surface area contributed by atoms with Crippen LogP contribution in [0.4, 0.5) is 0 Å². The Morgan fingerprint density at radius 2 is 2.19 bits per heavy atom. The number of aromatic nitrogens is 2. The lowest BCUT2D eigenvalue weighted by Crippen LogP contribution is -2.13. The number of hydrogen-bond acceptors (Lipinski definition) is 2. The third kappa shape index (κ3) is 1.84. The second-order valence-corrected chi connectivity index (χ2v) is 3.84. The van der Waals surface area contributed by atoms with Crippen molar-refractivity contribution in [2.45, 2.75) is 6.92 Å². The lowest BCUT2D eigenvalue weighted by molar-refractivity contribution is 0.415. The van der Waals surface area contributed by atoms with Crippen LogP contribution in [0.3, 0.4) is 0 Å². The molecule has 1 N–H and O–H groups in total. The molecule has 1 aromatic carbocycles. The molecule has 2 aromatic rings. The molecule has 0 spiro atoms. The summed E-state index contributed by atoms with van der Waals surface area (Å²) in [6, 6.07) is 5.20. The van der Waals surface area contributed by atoms with Gasteiger partial charge in [0.25, 0.3) is 0 Å². The molecule has 0 aliphatic rings. The number of halogens is 1. The largest absolute Gasteiger partial charge is 0.495 e. The predicted octanol–water partition coefficient (Wildman–Crippen LogP) is 2.14. The number of benzene rings is 1. The molecule has 0 saturated heterocycles. The van der Waals surface area contributed by atoms with Gasteiger partial charge in [0.05, 0.1) is 17.8 Å². The highest BCUT2D eigenvalue weighted by atomic mass is 35.5. The second-order valence-electron chi connectivity index (χ2n) is 3.43. The van der Waals surface area contributed by atoms with E-state index in [4.69, 9.17) is 16.3 Å². The number of aromatic amines is 1. The molecule has 16 heavy (non-hydrogen) atoms. The Balaban J connectivity index is 2.53. The van der Waals surface area contributed by atoms with Crippen LogP contribution in [-0.4, -0.2) is 16.7 Å². The van der Waals surface area contributed by atoms with E-state index in [1.807, 2.05) is 6.92 Å². The van der Waals surface area contributed by atoms with Gasteiger partial charge < -0.3 is 9.72 Å². The first kappa shape index (κ1) is 10.8. The average molecular weight is 239 g/mol. The molecule has 0 saturated carbocycles. The number of nitrogens with zero attached hydrogens (tertiary/aromatic N) is 1. The number of rotatable bonds is 2. The first-order chi connectivity index (χ1) is 7.61. The fourth-order valence-corrected chi connectivity index (χ4v) is 1.76. The Morgan fingerprint density at radius 1 is 1.44 bits per heavy atom. The zero-order valence-electron chi connectivity index (χ0n) is 8.95. The van der Waals surface area contributed by atoms with E-state index < -0.39 is 0 Å². The maximum absolute atomic E-state index is 11.5. The standard InChI is InChI=1S/C11H11ClN2O2/c1-7-6-14(11(15)13-7)8-3-4-10(16-2)9(12)5-8/h3-6H,1-2H3,(H,13,15). The highest BCUT2D eigenvalue weighted by Crippen LogP contribution is 2.26. The first-order valence-corrected chi connectivity index (χ1v) is 5.12. The number of H-pyrrole nitrogens is 1. The molecule has 2 rings (SSSR count). The monoisotopic (exact) mass is 238 g/mol. The second kappa shape index (κ2) is 4.06. The van der Waals surface area contributed by atoms with Crippen molar-refractivity contribution in [3.8, 4) is 11.4 Å². The molecule has 0 bridgehead atoms. The van der Waals surface area contributed by atoms with Crippen molar-refractivity contribution in [1.82, 2.24) is 9.55 Å². The predicted molar refractivity (Wildman–Crippen MR) is 62.7 cm³/mol. The van der Waals surface area contributed by atoms with Gasteiger partial charge in [-0.25, -0.2) is 4.79 Å². The lowest BCUT2D eigenvalue weighted by atomic mass is 10.3. The van der Waals surface area contributed by atoms with Gasteiger partial charge in [-0.2, -0.15) is 0 Å². The van der Waals surface area contributed by atoms with E-state index in [9.17, 15) is 4.79 Å². The van der Waals surface area contributed by atoms with E-state index in [2.05, 4.69) is 4.98 Å². The molecule has 0 aliphatic carbocycles. The Labute approximate surface area is 97.4 Å². The van der Waals surface area contributed by atoms with E-state index in [0.29, 0.717) is 16.5 Å². The summed E-state index contributed by atoms with van der Waals surface area (Å²) < 4.78 is 6.54. The quantitative estimate of drug-likeness (QED) is 0.871. The highest BCUT2D eigenvalue weighted by Gasteiger charge is 2.06. The zero-order valence-corrected chi connectivity index (χ0v) is 9.71. The summed E-state index contributed by atoms with van der Waals surface area (Å²) in [7, 11) is 1.55. The number of ether oxygens (including phenoxy) is 1. The molecule has 0 amide bonds. The Kier molecular flexibility index (Phi) is 2.75. The minimum absolute atomic E-state index is 0.182. The van der Waals surface area contributed by atoms with Gasteiger partial charge in [0.2, 0.25) is 0 Å². The smallest absolute Gasteiger partial charge is 0.330 e. The van der Waals surface area contributed by atoms with Crippen LogP contribution in [0.1, 0.15) is 5.69 Å². The van der Waals surface area contributed by atoms with Gasteiger partial charge in [-0.1, -0.05) is 11.6 Å². The molecule has 0 radical (unpaired) electrons. The van der Waals surface area contributed by atoms with Crippen molar-refractivity contribution in [3.63, 3.8) is 0 Å². The number of imidazole rings is 1. The summed E-state index contributed by atoms with van der Waals surface area (Å²) in [5.74, 6) is 0.589. The lowest BCUT2D eigenvalue weighted by Gasteiger charge is -2.05. The van der Waals surface area contributed by atoms with Gasteiger partial charge >= 0.3 is 5.69 Å². The van der Waals surface area contributed by atoms with Crippen LogP contribution in [0.2, 0.25) is 5.02 Å². The third-order valence-electron chi connectivity index (χ3n) is 2.26. The summed E-state index contributed by atoms with van der Waals surface area (Å²) in [4.78, 5) is 14.2. The third-order valence-corrected chi connectivity index (χ3v) is 2.55. The SMILES string of the molecule is COc1ccc(-n2cc(C)[nH]c2=O)cc1Cl. The van der Waals surface area contributed by atoms with Crippen LogP contribution >= 0.6 is 11.6 Å². The van der Waals surface area contributed by atoms with E-state index >= 15 is 0 Å². The maximum Gasteiger partial charge on any atom is 0.330 e. The van der Waals surface area contributed by atoms with Crippen LogP contribution in [0.5, 0.6) is 5.75 Å². The van der Waals surface area contributed by atoms with Crippen LogP contribution in [0.15, 0.2) is 29.2 Å². The minimum Gasteiger partial charge on any atom is -0.495 e. The molecule has 5 heteroatoms. The molecular weight excluding hydrogens is 228 g/mol. The number of methoxy groups -OCH3 is 1. The van der Waals surface area contributed by atoms with E-state index in [-0.39, 0.29) is 5.69 Å². The molecule has 0 aliphatic heterocycles. The molecule has 84 valence electrons. The summed E-state index contributed by atoms with van der Waals surface area (Å²) in [6.45, 7) is 1.82.